The number of hydrogen-bond acceptors (Lipinski definition) is 3. The molecule has 17 heavy (non-hydrogen) atoms. The molecule has 0 aliphatic rings. The van der Waals surface area contributed by atoms with Gasteiger partial charge in [-0.05, 0) is 63.7 Å². The number of thiophene rings is 1. The van der Waals surface area contributed by atoms with Gasteiger partial charge in [0.25, 0.3) is 0 Å². The molecular weight excluding hydrogens is 228 g/mol. The van der Waals surface area contributed by atoms with Crippen molar-refractivity contribution in [3.8, 4) is 0 Å². The molecule has 0 aliphatic carbocycles. The zero-order chi connectivity index (χ0) is 12.7. The Morgan fingerprint density at radius 2 is 2.18 bits per heavy atom. The minimum atomic E-state index is 0.627. The highest BCUT2D eigenvalue weighted by Gasteiger charge is 2.10. The van der Waals surface area contributed by atoms with E-state index in [2.05, 4.69) is 43.3 Å². The first-order valence-electron chi connectivity index (χ1n) is 6.56. The summed E-state index contributed by atoms with van der Waals surface area (Å²) in [6.07, 6.45) is 3.66. The van der Waals surface area contributed by atoms with Gasteiger partial charge in [0.1, 0.15) is 0 Å². The van der Waals surface area contributed by atoms with Gasteiger partial charge < -0.3 is 10.6 Å². The molecule has 98 valence electrons. The van der Waals surface area contributed by atoms with Crippen molar-refractivity contribution in [2.24, 2.45) is 11.7 Å². The second kappa shape index (κ2) is 7.85. The van der Waals surface area contributed by atoms with Crippen LogP contribution in [0.3, 0.4) is 0 Å². The van der Waals surface area contributed by atoms with Gasteiger partial charge in [0.15, 0.2) is 0 Å². The summed E-state index contributed by atoms with van der Waals surface area (Å²) >= 11 is 1.86. The normalized spacial score (nSPS) is 15.1. The Labute approximate surface area is 110 Å². The highest BCUT2D eigenvalue weighted by Crippen LogP contribution is 2.14. The molecule has 1 aromatic rings. The Morgan fingerprint density at radius 3 is 2.76 bits per heavy atom. The van der Waals surface area contributed by atoms with Crippen molar-refractivity contribution in [3.63, 3.8) is 0 Å². The van der Waals surface area contributed by atoms with Gasteiger partial charge in [0.05, 0.1) is 0 Å². The molecule has 2 nitrogen and oxygen atoms in total. The molecule has 1 rings (SSSR count). The Morgan fingerprint density at radius 1 is 1.41 bits per heavy atom. The maximum absolute atomic E-state index is 5.63. The third kappa shape index (κ3) is 5.66. The van der Waals surface area contributed by atoms with Gasteiger partial charge in [-0.15, -0.1) is 11.3 Å². The lowest BCUT2D eigenvalue weighted by Gasteiger charge is -2.24. The van der Waals surface area contributed by atoms with E-state index < -0.39 is 0 Å². The van der Waals surface area contributed by atoms with Crippen LogP contribution in [0.5, 0.6) is 0 Å². The first-order valence-corrected chi connectivity index (χ1v) is 7.44. The third-order valence-electron chi connectivity index (χ3n) is 3.44. The summed E-state index contributed by atoms with van der Waals surface area (Å²) in [6.45, 7) is 6.53. The van der Waals surface area contributed by atoms with Crippen LogP contribution in [-0.4, -0.2) is 31.1 Å². The van der Waals surface area contributed by atoms with E-state index in [0.717, 1.165) is 6.54 Å². The molecule has 3 heteroatoms. The summed E-state index contributed by atoms with van der Waals surface area (Å²) < 4.78 is 0. The highest BCUT2D eigenvalue weighted by molar-refractivity contribution is 7.09. The summed E-state index contributed by atoms with van der Waals surface area (Å²) in [5.41, 5.74) is 5.63. The van der Waals surface area contributed by atoms with Crippen molar-refractivity contribution in [2.75, 3.05) is 20.1 Å². The molecule has 2 N–H and O–H groups in total. The van der Waals surface area contributed by atoms with Crippen LogP contribution in [0.4, 0.5) is 0 Å². The molecule has 0 radical (unpaired) electrons. The van der Waals surface area contributed by atoms with Gasteiger partial charge in [-0.1, -0.05) is 13.0 Å². The average Bonchev–Trinajstić information content (AvgIpc) is 2.81. The summed E-state index contributed by atoms with van der Waals surface area (Å²) in [5, 5.41) is 2.16. The fourth-order valence-electron chi connectivity index (χ4n) is 1.90. The smallest absolute Gasteiger partial charge is 0.0112 e. The van der Waals surface area contributed by atoms with E-state index in [1.165, 1.54) is 30.7 Å². The predicted octanol–water partition coefficient (Wildman–Crippen LogP) is 2.99. The van der Waals surface area contributed by atoms with Gasteiger partial charge in [-0.2, -0.15) is 0 Å². The number of likely N-dealkylation sites (N-methyl/N-ethyl adjacent to an activating group) is 1. The average molecular weight is 254 g/mol. The van der Waals surface area contributed by atoms with Gasteiger partial charge in [-0.3, -0.25) is 0 Å². The van der Waals surface area contributed by atoms with E-state index in [9.17, 15) is 0 Å². The molecule has 0 saturated carbocycles. The molecular formula is C14H26N2S. The predicted molar refractivity (Wildman–Crippen MR) is 77.6 cm³/mol. The minimum absolute atomic E-state index is 0.627. The zero-order valence-corrected chi connectivity index (χ0v) is 12.2. The number of nitrogens with two attached hydrogens (primary N) is 1. The Balaban J connectivity index is 2.20. The van der Waals surface area contributed by atoms with Gasteiger partial charge in [0, 0.05) is 10.9 Å². The lowest BCUT2D eigenvalue weighted by molar-refractivity contribution is 0.247. The van der Waals surface area contributed by atoms with Crippen LogP contribution < -0.4 is 5.73 Å². The quantitative estimate of drug-likeness (QED) is 0.773. The SMILES string of the molecule is CC(CN)CCCN(C)C(C)Cc1cccs1. The maximum Gasteiger partial charge on any atom is 0.0112 e. The molecule has 0 fully saturated rings. The van der Waals surface area contributed by atoms with E-state index >= 15 is 0 Å². The highest BCUT2D eigenvalue weighted by atomic mass is 32.1. The minimum Gasteiger partial charge on any atom is -0.330 e. The molecule has 0 bridgehead atoms. The van der Waals surface area contributed by atoms with Crippen molar-refractivity contribution in [2.45, 2.75) is 39.2 Å². The molecule has 0 aromatic carbocycles. The van der Waals surface area contributed by atoms with Crippen molar-refractivity contribution in [3.05, 3.63) is 22.4 Å². The van der Waals surface area contributed by atoms with Gasteiger partial charge in [0.2, 0.25) is 0 Å². The first-order chi connectivity index (χ1) is 8.13. The van der Waals surface area contributed by atoms with Gasteiger partial charge >= 0.3 is 0 Å². The van der Waals surface area contributed by atoms with Crippen LogP contribution in [-0.2, 0) is 6.42 Å². The van der Waals surface area contributed by atoms with Crippen LogP contribution in [0.1, 0.15) is 31.6 Å². The van der Waals surface area contributed by atoms with Crippen LogP contribution in [0.25, 0.3) is 0 Å². The van der Waals surface area contributed by atoms with Crippen LogP contribution >= 0.6 is 11.3 Å². The van der Waals surface area contributed by atoms with Crippen molar-refractivity contribution in [1.82, 2.24) is 4.90 Å². The van der Waals surface area contributed by atoms with Crippen molar-refractivity contribution >= 4 is 11.3 Å². The monoisotopic (exact) mass is 254 g/mol. The number of nitrogens with zero attached hydrogens (tertiary/aromatic N) is 1. The largest absolute Gasteiger partial charge is 0.330 e. The fraction of sp³-hybridized carbons (Fsp3) is 0.714. The Bertz CT molecular complexity index is 284. The third-order valence-corrected chi connectivity index (χ3v) is 4.34. The number of hydrogen-bond donors (Lipinski definition) is 1. The summed E-state index contributed by atoms with van der Waals surface area (Å²) in [7, 11) is 2.23. The number of rotatable bonds is 8. The molecule has 2 unspecified atom stereocenters. The molecule has 0 aliphatic heterocycles. The topological polar surface area (TPSA) is 29.3 Å². The lowest BCUT2D eigenvalue weighted by atomic mass is 10.1. The van der Waals surface area contributed by atoms with E-state index in [1.807, 2.05) is 11.3 Å². The molecule has 0 amide bonds. The van der Waals surface area contributed by atoms with Crippen LogP contribution in [0.15, 0.2) is 17.5 Å². The van der Waals surface area contributed by atoms with E-state index in [1.54, 1.807) is 0 Å². The maximum atomic E-state index is 5.63. The van der Waals surface area contributed by atoms with E-state index in [0.29, 0.717) is 12.0 Å². The van der Waals surface area contributed by atoms with Crippen molar-refractivity contribution in [1.29, 1.82) is 0 Å². The second-order valence-electron chi connectivity index (χ2n) is 5.10. The molecule has 0 saturated heterocycles. The molecule has 2 atom stereocenters. The van der Waals surface area contributed by atoms with Gasteiger partial charge in [-0.25, -0.2) is 0 Å². The zero-order valence-electron chi connectivity index (χ0n) is 11.4. The first kappa shape index (κ1) is 14.7. The van der Waals surface area contributed by atoms with Crippen molar-refractivity contribution < 1.29 is 0 Å². The molecule has 1 heterocycles. The second-order valence-corrected chi connectivity index (χ2v) is 6.13. The van der Waals surface area contributed by atoms with E-state index in [4.69, 9.17) is 5.73 Å². The van der Waals surface area contributed by atoms with E-state index in [-0.39, 0.29) is 0 Å². The van der Waals surface area contributed by atoms with Crippen LogP contribution in [0, 0.1) is 5.92 Å². The summed E-state index contributed by atoms with van der Waals surface area (Å²) in [5.74, 6) is 0.663. The summed E-state index contributed by atoms with van der Waals surface area (Å²) in [4.78, 5) is 3.95. The lowest BCUT2D eigenvalue weighted by Crippen LogP contribution is -2.31. The fourth-order valence-corrected chi connectivity index (χ4v) is 2.73. The molecule has 1 aromatic heterocycles. The Kier molecular flexibility index (Phi) is 6.78. The summed E-state index contributed by atoms with van der Waals surface area (Å²) in [6, 6.07) is 4.99. The van der Waals surface area contributed by atoms with Crippen LogP contribution in [0.2, 0.25) is 0 Å². The standard InChI is InChI=1S/C14H26N2S/c1-12(11-15)6-4-8-16(3)13(2)10-14-7-5-9-17-14/h5,7,9,12-13H,4,6,8,10-11,15H2,1-3H3. The Hall–Kier alpha value is -0.380. The molecule has 0 spiro atoms.